The van der Waals surface area contributed by atoms with Crippen molar-refractivity contribution >= 4 is 5.91 Å². The summed E-state index contributed by atoms with van der Waals surface area (Å²) in [7, 11) is 0. The molecule has 0 radical (unpaired) electrons. The molecule has 1 aromatic carbocycles. The van der Waals surface area contributed by atoms with Gasteiger partial charge in [0.1, 0.15) is 0 Å². The minimum Gasteiger partial charge on any atom is -0.348 e. The minimum atomic E-state index is -0.989. The van der Waals surface area contributed by atoms with Crippen LogP contribution >= 0.6 is 0 Å². The Kier molecular flexibility index (Phi) is 4.72. The number of fused-ring (bicyclic) bond motifs is 2. The summed E-state index contributed by atoms with van der Waals surface area (Å²) in [5, 5.41) is 0. The molecular weight excluding hydrogens is 350 g/mol. The van der Waals surface area contributed by atoms with Gasteiger partial charge < -0.3 is 9.88 Å². The van der Waals surface area contributed by atoms with Crippen molar-refractivity contribution in [1.82, 2.24) is 19.8 Å². The number of carbonyl (C=O) groups excluding carboxylic acids is 1. The molecule has 1 amide bonds. The van der Waals surface area contributed by atoms with Gasteiger partial charge in [-0.15, -0.1) is 0 Å². The summed E-state index contributed by atoms with van der Waals surface area (Å²) in [4.78, 5) is 24.9. The summed E-state index contributed by atoms with van der Waals surface area (Å²) in [5.74, 6) is -2.17. The Balaban J connectivity index is 1.55. The van der Waals surface area contributed by atoms with E-state index >= 15 is 0 Å². The first kappa shape index (κ1) is 18.1. The van der Waals surface area contributed by atoms with Gasteiger partial charge in [0.05, 0.1) is 17.6 Å². The van der Waals surface area contributed by atoms with Gasteiger partial charge in [0, 0.05) is 37.3 Å². The van der Waals surface area contributed by atoms with Gasteiger partial charge in [-0.05, 0) is 44.0 Å². The molecule has 5 nitrogen and oxygen atoms in total. The van der Waals surface area contributed by atoms with Crippen molar-refractivity contribution in [2.75, 3.05) is 26.2 Å². The van der Waals surface area contributed by atoms with E-state index in [1.165, 1.54) is 11.8 Å². The van der Waals surface area contributed by atoms with E-state index in [0.29, 0.717) is 13.1 Å². The molecule has 2 aliphatic heterocycles. The minimum absolute atomic E-state index is 0.144. The zero-order valence-corrected chi connectivity index (χ0v) is 15.5. The number of hydrogen-bond donors (Lipinski definition) is 1. The van der Waals surface area contributed by atoms with Crippen LogP contribution in [-0.2, 0) is 12.0 Å². The van der Waals surface area contributed by atoms with E-state index in [2.05, 4.69) is 21.8 Å². The quantitative estimate of drug-likeness (QED) is 0.898. The van der Waals surface area contributed by atoms with Crippen molar-refractivity contribution in [3.63, 3.8) is 0 Å². The number of carbonyl (C=O) groups is 1. The van der Waals surface area contributed by atoms with Crippen LogP contribution in [0.25, 0.3) is 0 Å². The number of benzene rings is 1. The number of imidazole rings is 1. The fraction of sp³-hybridized carbons (Fsp3) is 0.500. The van der Waals surface area contributed by atoms with Crippen LogP contribution in [0.3, 0.4) is 0 Å². The second-order valence-electron chi connectivity index (χ2n) is 7.42. The Labute approximate surface area is 157 Å². The summed E-state index contributed by atoms with van der Waals surface area (Å²) >= 11 is 0. The number of piperidine rings is 1. The maximum atomic E-state index is 13.5. The summed E-state index contributed by atoms with van der Waals surface area (Å²) < 4.78 is 26.6. The lowest BCUT2D eigenvalue weighted by Gasteiger charge is -2.50. The molecule has 1 saturated heterocycles. The summed E-state index contributed by atoms with van der Waals surface area (Å²) in [5.41, 5.74) is 2.36. The third kappa shape index (κ3) is 3.04. The van der Waals surface area contributed by atoms with E-state index in [4.69, 9.17) is 0 Å². The lowest BCUT2D eigenvalue weighted by molar-refractivity contribution is 0.00707. The molecule has 0 saturated carbocycles. The topological polar surface area (TPSA) is 52.2 Å². The molecule has 1 aromatic heterocycles. The van der Waals surface area contributed by atoms with Gasteiger partial charge in [-0.25, -0.2) is 13.8 Å². The Morgan fingerprint density at radius 2 is 2.00 bits per heavy atom. The lowest BCUT2D eigenvalue weighted by atomic mass is 9.78. The van der Waals surface area contributed by atoms with Gasteiger partial charge in [-0.2, -0.15) is 0 Å². The number of rotatable bonds is 3. The Morgan fingerprint density at radius 3 is 2.70 bits per heavy atom. The SMILES string of the molecule is CCCN1CCc2[nH]cnc2C12CCN(C(=O)c1ccc(F)c(F)c1)CC2. The number of nitrogens with zero attached hydrogens (tertiary/aromatic N) is 3. The van der Waals surface area contributed by atoms with Crippen molar-refractivity contribution in [3.8, 4) is 0 Å². The zero-order valence-electron chi connectivity index (χ0n) is 15.5. The van der Waals surface area contributed by atoms with Crippen LogP contribution in [-0.4, -0.2) is 51.9 Å². The van der Waals surface area contributed by atoms with Crippen molar-refractivity contribution in [1.29, 1.82) is 0 Å². The van der Waals surface area contributed by atoms with E-state index in [-0.39, 0.29) is 17.0 Å². The van der Waals surface area contributed by atoms with Crippen LogP contribution in [0.15, 0.2) is 24.5 Å². The molecule has 4 rings (SSSR count). The first-order valence-corrected chi connectivity index (χ1v) is 9.57. The highest BCUT2D eigenvalue weighted by Crippen LogP contribution is 2.42. The van der Waals surface area contributed by atoms with Crippen molar-refractivity contribution in [3.05, 3.63) is 53.1 Å². The molecule has 0 atom stereocenters. The van der Waals surface area contributed by atoms with E-state index in [9.17, 15) is 13.6 Å². The molecular formula is C20H24F2N4O. The summed E-state index contributed by atoms with van der Waals surface area (Å²) in [6.45, 7) is 5.31. The van der Waals surface area contributed by atoms with Crippen molar-refractivity contribution < 1.29 is 13.6 Å². The normalized spacial score (nSPS) is 19.3. The number of aromatic nitrogens is 2. The largest absolute Gasteiger partial charge is 0.348 e. The van der Waals surface area contributed by atoms with Crippen molar-refractivity contribution in [2.24, 2.45) is 0 Å². The van der Waals surface area contributed by atoms with Crippen LogP contribution in [0, 0.1) is 11.6 Å². The van der Waals surface area contributed by atoms with Gasteiger partial charge >= 0.3 is 0 Å². The number of amides is 1. The van der Waals surface area contributed by atoms with Crippen LogP contribution in [0.4, 0.5) is 8.78 Å². The Bertz CT molecular complexity index is 842. The number of aromatic amines is 1. The number of hydrogen-bond acceptors (Lipinski definition) is 3. The average molecular weight is 374 g/mol. The first-order chi connectivity index (χ1) is 13.0. The zero-order chi connectivity index (χ0) is 19.0. The predicted octanol–water partition coefficient (Wildman–Crippen LogP) is 3.09. The highest BCUT2D eigenvalue weighted by Gasteiger charge is 2.46. The average Bonchev–Trinajstić information content (AvgIpc) is 3.16. The molecule has 144 valence electrons. The molecule has 27 heavy (non-hydrogen) atoms. The number of H-pyrrole nitrogens is 1. The molecule has 1 N–H and O–H groups in total. The fourth-order valence-corrected chi connectivity index (χ4v) is 4.56. The molecule has 1 fully saturated rings. The van der Waals surface area contributed by atoms with E-state index in [1.807, 2.05) is 0 Å². The molecule has 0 aliphatic carbocycles. The highest BCUT2D eigenvalue weighted by molar-refractivity contribution is 5.94. The molecule has 2 aliphatic rings. The molecule has 1 spiro atoms. The number of halogens is 2. The second-order valence-corrected chi connectivity index (χ2v) is 7.42. The molecule has 0 unspecified atom stereocenters. The number of nitrogens with one attached hydrogen (secondary N) is 1. The monoisotopic (exact) mass is 374 g/mol. The molecule has 2 aromatic rings. The smallest absolute Gasteiger partial charge is 0.253 e. The van der Waals surface area contributed by atoms with Gasteiger partial charge in [0.25, 0.3) is 5.91 Å². The van der Waals surface area contributed by atoms with Gasteiger partial charge in [-0.3, -0.25) is 9.69 Å². The van der Waals surface area contributed by atoms with Crippen LogP contribution < -0.4 is 0 Å². The molecule has 7 heteroatoms. The molecule has 0 bridgehead atoms. The van der Waals surface area contributed by atoms with E-state index in [1.54, 1.807) is 11.2 Å². The molecule has 3 heterocycles. The lowest BCUT2D eigenvalue weighted by Crippen LogP contribution is -2.57. The van der Waals surface area contributed by atoms with Gasteiger partial charge in [0.2, 0.25) is 0 Å². The summed E-state index contributed by atoms with van der Waals surface area (Å²) in [6.07, 6.45) is 5.38. The maximum absolute atomic E-state index is 13.5. The standard InChI is InChI=1S/C20H24F2N4O/c1-2-8-26-9-5-17-18(24-13-23-17)20(26)6-10-25(11-7-20)19(27)14-3-4-15(21)16(22)12-14/h3-4,12-13H,2,5-11H2,1H3,(H,23,24). The maximum Gasteiger partial charge on any atom is 0.253 e. The Morgan fingerprint density at radius 1 is 1.22 bits per heavy atom. The van der Waals surface area contributed by atoms with E-state index < -0.39 is 11.6 Å². The van der Waals surface area contributed by atoms with Crippen LogP contribution in [0.1, 0.15) is 47.9 Å². The number of likely N-dealkylation sites (tertiary alicyclic amines) is 1. The van der Waals surface area contributed by atoms with E-state index in [0.717, 1.165) is 56.6 Å². The first-order valence-electron chi connectivity index (χ1n) is 9.57. The predicted molar refractivity (Wildman–Crippen MR) is 97.3 cm³/mol. The van der Waals surface area contributed by atoms with Gasteiger partial charge in [-0.1, -0.05) is 6.92 Å². The third-order valence-electron chi connectivity index (χ3n) is 5.93. The van der Waals surface area contributed by atoms with Crippen molar-refractivity contribution in [2.45, 2.75) is 38.1 Å². The second kappa shape index (κ2) is 7.03. The van der Waals surface area contributed by atoms with Crippen LogP contribution in [0.5, 0.6) is 0 Å². The third-order valence-corrected chi connectivity index (χ3v) is 5.93. The summed E-state index contributed by atoms with van der Waals surface area (Å²) in [6, 6.07) is 3.34. The highest BCUT2D eigenvalue weighted by atomic mass is 19.2. The Hall–Kier alpha value is -2.28. The van der Waals surface area contributed by atoms with Crippen LogP contribution in [0.2, 0.25) is 0 Å². The van der Waals surface area contributed by atoms with Gasteiger partial charge in [0.15, 0.2) is 11.6 Å². The fourth-order valence-electron chi connectivity index (χ4n) is 4.56.